The number of hydrogen-bond donors (Lipinski definition) is 3. The lowest BCUT2D eigenvalue weighted by atomic mass is 10.2. The molecule has 4 rings (SSSR count). The van der Waals surface area contributed by atoms with Crippen molar-refractivity contribution in [2.24, 2.45) is 0 Å². The predicted octanol–water partition coefficient (Wildman–Crippen LogP) is 3.51. The highest BCUT2D eigenvalue weighted by Crippen LogP contribution is 2.21. The van der Waals surface area contributed by atoms with Gasteiger partial charge in [-0.3, -0.25) is 0 Å². The fourth-order valence-corrected chi connectivity index (χ4v) is 3.80. The molecule has 0 aliphatic carbocycles. The third kappa shape index (κ3) is 7.85. The van der Waals surface area contributed by atoms with Crippen LogP contribution in [-0.2, 0) is 24.4 Å². The number of benzene rings is 3. The molecule has 0 unspecified atom stereocenters. The van der Waals surface area contributed by atoms with Gasteiger partial charge in [-0.15, -0.1) is 0 Å². The summed E-state index contributed by atoms with van der Waals surface area (Å²) in [6.45, 7) is 6.47. The van der Waals surface area contributed by atoms with Gasteiger partial charge in [-0.2, -0.15) is 0 Å². The van der Waals surface area contributed by atoms with Crippen molar-refractivity contribution in [3.8, 4) is 11.5 Å². The molecule has 180 valence electrons. The van der Waals surface area contributed by atoms with Crippen molar-refractivity contribution in [1.29, 1.82) is 0 Å². The van der Waals surface area contributed by atoms with Gasteiger partial charge in [0.2, 0.25) is 0 Å². The average molecular weight is 462 g/mol. The molecule has 0 atom stereocenters. The molecule has 6 heteroatoms. The molecule has 3 N–H and O–H groups in total. The molecule has 0 aromatic heterocycles. The van der Waals surface area contributed by atoms with Gasteiger partial charge < -0.3 is 30.2 Å². The predicted molar refractivity (Wildman–Crippen MR) is 135 cm³/mol. The van der Waals surface area contributed by atoms with Crippen LogP contribution in [0.1, 0.15) is 16.7 Å². The zero-order chi connectivity index (χ0) is 23.3. The first-order valence-corrected chi connectivity index (χ1v) is 12.1. The lowest BCUT2D eigenvalue weighted by Crippen LogP contribution is -2.33. The van der Waals surface area contributed by atoms with E-state index in [0.717, 1.165) is 67.5 Å². The summed E-state index contributed by atoms with van der Waals surface area (Å²) in [6, 6.07) is 26.5. The summed E-state index contributed by atoms with van der Waals surface area (Å²) in [5.41, 5.74) is 3.40. The Balaban J connectivity index is 1.47. The average Bonchev–Trinajstić information content (AvgIpc) is 2.88. The summed E-state index contributed by atoms with van der Waals surface area (Å²) in [4.78, 5) is 0. The number of hydrogen-bond acceptors (Lipinski definition) is 6. The van der Waals surface area contributed by atoms with Gasteiger partial charge in [-0.05, 0) is 17.7 Å². The summed E-state index contributed by atoms with van der Waals surface area (Å²) < 4.78 is 18.7. The summed E-state index contributed by atoms with van der Waals surface area (Å²) >= 11 is 0. The second-order valence-corrected chi connectivity index (χ2v) is 8.36. The third-order valence-corrected chi connectivity index (χ3v) is 5.71. The first kappa shape index (κ1) is 24.2. The zero-order valence-corrected chi connectivity index (χ0v) is 19.7. The van der Waals surface area contributed by atoms with Crippen LogP contribution in [0.15, 0.2) is 78.9 Å². The van der Waals surface area contributed by atoms with E-state index in [1.54, 1.807) is 0 Å². The first-order valence-electron chi connectivity index (χ1n) is 12.1. The molecule has 0 spiro atoms. The highest BCUT2D eigenvalue weighted by Gasteiger charge is 2.15. The number of fused-ring (bicyclic) bond motifs is 2. The van der Waals surface area contributed by atoms with Gasteiger partial charge in [0.15, 0.2) is 0 Å². The van der Waals surface area contributed by atoms with Crippen molar-refractivity contribution in [3.63, 3.8) is 0 Å². The van der Waals surface area contributed by atoms with Gasteiger partial charge in [0, 0.05) is 50.4 Å². The molecule has 34 heavy (non-hydrogen) atoms. The fraction of sp³-hybridized carbons (Fsp3) is 0.357. The van der Waals surface area contributed by atoms with Crippen LogP contribution in [0.2, 0.25) is 0 Å². The van der Waals surface area contributed by atoms with E-state index >= 15 is 0 Å². The van der Waals surface area contributed by atoms with Gasteiger partial charge in [0.05, 0.1) is 6.61 Å². The minimum Gasteiger partial charge on any atom is -0.490 e. The van der Waals surface area contributed by atoms with E-state index < -0.39 is 0 Å². The molecule has 6 nitrogen and oxygen atoms in total. The van der Waals surface area contributed by atoms with Gasteiger partial charge in [0.1, 0.15) is 30.8 Å². The summed E-state index contributed by atoms with van der Waals surface area (Å²) in [5.74, 6) is 1.75. The summed E-state index contributed by atoms with van der Waals surface area (Å²) in [5, 5.41) is 10.5. The monoisotopic (exact) mass is 461 g/mol. The Kier molecular flexibility index (Phi) is 9.78. The lowest BCUT2D eigenvalue weighted by Gasteiger charge is -2.21. The van der Waals surface area contributed by atoms with E-state index in [-0.39, 0.29) is 6.10 Å². The molecule has 0 saturated heterocycles. The summed E-state index contributed by atoms with van der Waals surface area (Å²) in [7, 11) is 0. The van der Waals surface area contributed by atoms with Crippen molar-refractivity contribution in [2.75, 3.05) is 39.4 Å². The Morgan fingerprint density at radius 2 is 1.12 bits per heavy atom. The highest BCUT2D eigenvalue weighted by atomic mass is 16.6. The van der Waals surface area contributed by atoms with Crippen LogP contribution in [0.3, 0.4) is 0 Å². The molecule has 0 fully saturated rings. The Morgan fingerprint density at radius 3 is 1.71 bits per heavy atom. The van der Waals surface area contributed by atoms with Gasteiger partial charge in [-0.25, -0.2) is 0 Å². The van der Waals surface area contributed by atoms with Crippen molar-refractivity contribution < 1.29 is 14.2 Å². The van der Waals surface area contributed by atoms with Gasteiger partial charge in [0.25, 0.3) is 0 Å². The van der Waals surface area contributed by atoms with E-state index in [9.17, 15) is 0 Å². The minimum atomic E-state index is -0.217. The largest absolute Gasteiger partial charge is 0.490 e. The number of para-hydroxylation sites is 2. The van der Waals surface area contributed by atoms with Gasteiger partial charge in [-0.1, -0.05) is 66.7 Å². The van der Waals surface area contributed by atoms with E-state index in [0.29, 0.717) is 19.8 Å². The quantitative estimate of drug-likeness (QED) is 0.555. The SMILES string of the molecule is c1ccc(COC2COc3ccccc3CNCCNCCNCc3ccccc3OC2)cc1. The summed E-state index contributed by atoms with van der Waals surface area (Å²) in [6.07, 6.45) is -0.217. The van der Waals surface area contributed by atoms with Crippen LogP contribution in [0, 0.1) is 0 Å². The maximum Gasteiger partial charge on any atom is 0.126 e. The Bertz CT molecular complexity index is 926. The normalized spacial score (nSPS) is 16.7. The van der Waals surface area contributed by atoms with E-state index in [1.807, 2.05) is 54.6 Å². The van der Waals surface area contributed by atoms with Crippen molar-refractivity contribution in [1.82, 2.24) is 16.0 Å². The van der Waals surface area contributed by atoms with Crippen molar-refractivity contribution in [2.45, 2.75) is 25.8 Å². The topological polar surface area (TPSA) is 63.8 Å². The molecule has 0 radical (unpaired) electrons. The highest BCUT2D eigenvalue weighted by molar-refractivity contribution is 5.34. The van der Waals surface area contributed by atoms with E-state index in [4.69, 9.17) is 14.2 Å². The second kappa shape index (κ2) is 13.7. The Labute approximate surface area is 202 Å². The number of rotatable bonds is 3. The lowest BCUT2D eigenvalue weighted by molar-refractivity contribution is -0.0171. The molecular weight excluding hydrogens is 426 g/mol. The second-order valence-electron chi connectivity index (χ2n) is 8.36. The number of ether oxygens (including phenoxy) is 3. The third-order valence-electron chi connectivity index (χ3n) is 5.71. The molecule has 0 bridgehead atoms. The van der Waals surface area contributed by atoms with E-state index in [1.165, 1.54) is 0 Å². The zero-order valence-electron chi connectivity index (χ0n) is 19.7. The smallest absolute Gasteiger partial charge is 0.126 e. The molecule has 1 heterocycles. The van der Waals surface area contributed by atoms with Crippen LogP contribution < -0.4 is 25.4 Å². The van der Waals surface area contributed by atoms with Crippen LogP contribution >= 0.6 is 0 Å². The van der Waals surface area contributed by atoms with Crippen LogP contribution in [0.4, 0.5) is 0 Å². The molecule has 0 saturated carbocycles. The molecule has 1 aliphatic heterocycles. The molecule has 3 aromatic rings. The van der Waals surface area contributed by atoms with Crippen molar-refractivity contribution in [3.05, 3.63) is 95.6 Å². The van der Waals surface area contributed by atoms with Crippen molar-refractivity contribution >= 4 is 0 Å². The fourth-order valence-electron chi connectivity index (χ4n) is 3.80. The van der Waals surface area contributed by atoms with Gasteiger partial charge >= 0.3 is 0 Å². The molecule has 0 amide bonds. The standard InChI is InChI=1S/C28H35N3O3/c1-2-8-23(9-3-1)20-32-26-21-33-27-12-6-4-10-24(27)18-30-16-14-29-15-17-31-19-25-11-5-7-13-28(25)34-22-26/h1-13,26,29-31H,14-22H2. The Hall–Kier alpha value is -2.90. The van der Waals surface area contributed by atoms with E-state index in [2.05, 4.69) is 40.2 Å². The maximum absolute atomic E-state index is 6.25. The van der Waals surface area contributed by atoms with Crippen LogP contribution in [0.25, 0.3) is 0 Å². The Morgan fingerprint density at radius 1 is 0.618 bits per heavy atom. The maximum atomic E-state index is 6.25. The first-order chi connectivity index (χ1) is 16.9. The van der Waals surface area contributed by atoms with Crippen LogP contribution in [-0.4, -0.2) is 45.5 Å². The molecular formula is C28H35N3O3. The molecule has 1 aliphatic rings. The number of nitrogens with one attached hydrogen (secondary N) is 3. The van der Waals surface area contributed by atoms with Crippen LogP contribution in [0.5, 0.6) is 11.5 Å². The minimum absolute atomic E-state index is 0.217. The molecule has 3 aromatic carbocycles.